The van der Waals surface area contributed by atoms with E-state index in [1.54, 1.807) is 11.8 Å². The fourth-order valence-electron chi connectivity index (χ4n) is 1.66. The van der Waals surface area contributed by atoms with Crippen LogP contribution in [0.25, 0.3) is 0 Å². The van der Waals surface area contributed by atoms with Gasteiger partial charge in [-0.05, 0) is 18.6 Å². The molecule has 94 valence electrons. The molecule has 6 heteroatoms. The van der Waals surface area contributed by atoms with E-state index in [1.165, 1.54) is 24.9 Å². The molecule has 2 atom stereocenters. The Bertz CT molecular complexity index is 445. The molecule has 0 bridgehead atoms. The van der Waals surface area contributed by atoms with Gasteiger partial charge in [-0.25, -0.2) is 4.79 Å². The van der Waals surface area contributed by atoms with Crippen LogP contribution in [0.5, 0.6) is 0 Å². The molecular formula is C11H16N2O2S2. The molecule has 1 aromatic heterocycles. The fraction of sp³-hybridized carbons (Fsp3) is 0.545. The summed E-state index contributed by atoms with van der Waals surface area (Å²) in [4.78, 5) is 13.0. The third kappa shape index (κ3) is 2.37. The van der Waals surface area contributed by atoms with E-state index in [2.05, 4.69) is 12.2 Å². The lowest BCUT2D eigenvalue weighted by atomic mass is 10.4. The second-order valence-electron chi connectivity index (χ2n) is 4.16. The molecule has 0 radical (unpaired) electrons. The number of hydrogen-bond acceptors (Lipinski definition) is 6. The van der Waals surface area contributed by atoms with E-state index < -0.39 is 0 Å². The Morgan fingerprint density at radius 3 is 2.76 bits per heavy atom. The molecule has 17 heavy (non-hydrogen) atoms. The maximum atomic E-state index is 11.6. The molecule has 4 nitrogen and oxygen atoms in total. The van der Waals surface area contributed by atoms with Crippen molar-refractivity contribution in [3.05, 3.63) is 4.88 Å². The lowest BCUT2D eigenvalue weighted by molar-refractivity contribution is 0.0607. The number of thiophene rings is 1. The zero-order valence-corrected chi connectivity index (χ0v) is 11.7. The van der Waals surface area contributed by atoms with Crippen LogP contribution >= 0.6 is 23.1 Å². The Hall–Kier alpha value is -0.880. The van der Waals surface area contributed by atoms with Crippen molar-refractivity contribution in [1.82, 2.24) is 0 Å². The first-order chi connectivity index (χ1) is 8.08. The summed E-state index contributed by atoms with van der Waals surface area (Å²) in [5, 5.41) is 4.43. The predicted molar refractivity (Wildman–Crippen MR) is 73.0 cm³/mol. The van der Waals surface area contributed by atoms with Gasteiger partial charge in [0.1, 0.15) is 9.88 Å². The normalized spacial score (nSPS) is 22.3. The monoisotopic (exact) mass is 272 g/mol. The van der Waals surface area contributed by atoms with Crippen LogP contribution in [-0.2, 0) is 4.74 Å². The van der Waals surface area contributed by atoms with Crippen LogP contribution in [0.1, 0.15) is 23.0 Å². The molecule has 1 heterocycles. The Balaban J connectivity index is 2.27. The van der Waals surface area contributed by atoms with E-state index in [1.807, 2.05) is 6.26 Å². The lowest BCUT2D eigenvalue weighted by Gasteiger charge is -2.04. The number of carbonyl (C=O) groups is 1. The number of hydrogen-bond donors (Lipinski definition) is 2. The van der Waals surface area contributed by atoms with Gasteiger partial charge in [-0.2, -0.15) is 0 Å². The van der Waals surface area contributed by atoms with Crippen LogP contribution in [0.4, 0.5) is 10.7 Å². The number of ether oxygens (including phenoxy) is 1. The third-order valence-electron chi connectivity index (χ3n) is 2.90. The molecule has 0 saturated heterocycles. The number of methoxy groups -OCH3 is 1. The van der Waals surface area contributed by atoms with Gasteiger partial charge in [-0.3, -0.25) is 0 Å². The smallest absolute Gasteiger partial charge is 0.350 e. The van der Waals surface area contributed by atoms with Crippen molar-refractivity contribution in [2.24, 2.45) is 5.92 Å². The molecule has 0 spiro atoms. The second-order valence-corrected chi connectivity index (χ2v) is 6.00. The number of carbonyl (C=O) groups excluding carboxylic acids is 1. The first-order valence-corrected chi connectivity index (χ1v) is 7.43. The Kier molecular flexibility index (Phi) is 3.53. The van der Waals surface area contributed by atoms with Crippen LogP contribution < -0.4 is 11.1 Å². The zero-order valence-electron chi connectivity index (χ0n) is 10.1. The van der Waals surface area contributed by atoms with Crippen molar-refractivity contribution in [2.45, 2.75) is 24.3 Å². The summed E-state index contributed by atoms with van der Waals surface area (Å²) in [7, 11) is 1.37. The quantitative estimate of drug-likeness (QED) is 0.651. The van der Waals surface area contributed by atoms with Crippen molar-refractivity contribution >= 4 is 39.8 Å². The van der Waals surface area contributed by atoms with Gasteiger partial charge >= 0.3 is 5.97 Å². The van der Waals surface area contributed by atoms with Gasteiger partial charge in [-0.15, -0.1) is 23.1 Å². The third-order valence-corrected chi connectivity index (χ3v) is 4.98. The van der Waals surface area contributed by atoms with Gasteiger partial charge < -0.3 is 15.8 Å². The van der Waals surface area contributed by atoms with E-state index in [4.69, 9.17) is 10.5 Å². The van der Waals surface area contributed by atoms with E-state index in [-0.39, 0.29) is 5.97 Å². The number of esters is 1. The fourth-order valence-corrected chi connectivity index (χ4v) is 3.66. The van der Waals surface area contributed by atoms with Crippen molar-refractivity contribution in [2.75, 3.05) is 24.4 Å². The predicted octanol–water partition coefficient (Wildman–Crippen LogP) is 2.66. The van der Waals surface area contributed by atoms with Gasteiger partial charge in [0.15, 0.2) is 0 Å². The van der Waals surface area contributed by atoms with Crippen molar-refractivity contribution in [1.29, 1.82) is 0 Å². The lowest BCUT2D eigenvalue weighted by Crippen LogP contribution is -2.02. The summed E-state index contributed by atoms with van der Waals surface area (Å²) in [6.45, 7) is 2.20. The summed E-state index contributed by atoms with van der Waals surface area (Å²) in [6.07, 6.45) is 3.14. The van der Waals surface area contributed by atoms with Crippen LogP contribution in [0, 0.1) is 5.92 Å². The van der Waals surface area contributed by atoms with Gasteiger partial charge in [0.25, 0.3) is 0 Å². The maximum Gasteiger partial charge on any atom is 0.350 e. The van der Waals surface area contributed by atoms with Crippen LogP contribution in [0.2, 0.25) is 0 Å². The summed E-state index contributed by atoms with van der Waals surface area (Å²) >= 11 is 2.94. The number of nitrogen functional groups attached to an aromatic ring is 1. The highest BCUT2D eigenvalue weighted by Crippen LogP contribution is 2.44. The number of thioether (sulfide) groups is 1. The first-order valence-electron chi connectivity index (χ1n) is 5.39. The summed E-state index contributed by atoms with van der Waals surface area (Å²) in [5.41, 5.74) is 6.50. The first kappa shape index (κ1) is 12.6. The summed E-state index contributed by atoms with van der Waals surface area (Å²) < 4.78 is 4.73. The zero-order chi connectivity index (χ0) is 12.6. The second kappa shape index (κ2) is 4.78. The molecule has 1 aliphatic rings. The van der Waals surface area contributed by atoms with E-state index in [0.717, 1.165) is 9.90 Å². The average molecular weight is 272 g/mol. The molecule has 0 aromatic carbocycles. The van der Waals surface area contributed by atoms with E-state index in [9.17, 15) is 4.79 Å². The molecule has 2 unspecified atom stereocenters. The van der Waals surface area contributed by atoms with Crippen molar-refractivity contribution < 1.29 is 9.53 Å². The van der Waals surface area contributed by atoms with Crippen LogP contribution in [0.3, 0.4) is 0 Å². The molecule has 1 fully saturated rings. The molecule has 1 saturated carbocycles. The highest BCUT2D eigenvalue weighted by Gasteiger charge is 2.34. The van der Waals surface area contributed by atoms with E-state index >= 15 is 0 Å². The summed E-state index contributed by atoms with van der Waals surface area (Å²) in [6, 6.07) is 0.518. The van der Waals surface area contributed by atoms with E-state index in [0.29, 0.717) is 22.5 Å². The number of nitrogens with one attached hydrogen (secondary N) is 1. The maximum absolute atomic E-state index is 11.6. The molecule has 3 N–H and O–H groups in total. The highest BCUT2D eigenvalue weighted by atomic mass is 32.2. The molecule has 0 amide bonds. The molecule has 0 aliphatic heterocycles. The number of rotatable bonds is 4. The number of nitrogens with two attached hydrogens (primary N) is 1. The van der Waals surface area contributed by atoms with Crippen LogP contribution in [0.15, 0.2) is 4.90 Å². The van der Waals surface area contributed by atoms with Gasteiger partial charge in [-0.1, -0.05) is 6.92 Å². The molecule has 1 aromatic rings. The van der Waals surface area contributed by atoms with Gasteiger partial charge in [0, 0.05) is 6.04 Å². The van der Waals surface area contributed by atoms with Crippen molar-refractivity contribution in [3.63, 3.8) is 0 Å². The van der Waals surface area contributed by atoms with Gasteiger partial charge in [0.2, 0.25) is 0 Å². The Morgan fingerprint density at radius 2 is 2.29 bits per heavy atom. The topological polar surface area (TPSA) is 64.3 Å². The highest BCUT2D eigenvalue weighted by molar-refractivity contribution is 7.99. The largest absolute Gasteiger partial charge is 0.465 e. The minimum absolute atomic E-state index is 0.361. The average Bonchev–Trinajstić information content (AvgIpc) is 2.90. The standard InChI is InChI=1S/C11H16N2O2S2/c1-5-4-6(5)13-10-8(16-3)7(12)9(17-10)11(14)15-2/h5-6,13H,4,12H2,1-3H3. The SMILES string of the molecule is COC(=O)c1sc(NC2CC2C)c(SC)c1N. The molecule has 2 rings (SSSR count). The van der Waals surface area contributed by atoms with Crippen LogP contribution in [-0.4, -0.2) is 25.4 Å². The molecule has 1 aliphatic carbocycles. The minimum atomic E-state index is -0.361. The minimum Gasteiger partial charge on any atom is -0.465 e. The Labute approximate surface area is 109 Å². The van der Waals surface area contributed by atoms with Gasteiger partial charge in [0.05, 0.1) is 17.7 Å². The molecular weight excluding hydrogens is 256 g/mol. The number of anilines is 2. The van der Waals surface area contributed by atoms with Crippen molar-refractivity contribution in [3.8, 4) is 0 Å². The Morgan fingerprint density at radius 1 is 1.65 bits per heavy atom. The summed E-state index contributed by atoms with van der Waals surface area (Å²) in [5.74, 6) is 0.342.